The molecule has 0 N–H and O–H groups in total. The van der Waals surface area contributed by atoms with E-state index in [0.29, 0.717) is 11.5 Å². The predicted molar refractivity (Wildman–Crippen MR) is 121 cm³/mol. The Hall–Kier alpha value is -3.04. The van der Waals surface area contributed by atoms with E-state index >= 15 is 0 Å². The van der Waals surface area contributed by atoms with E-state index in [1.54, 1.807) is 13.0 Å². The first-order chi connectivity index (χ1) is 15.2. The van der Waals surface area contributed by atoms with E-state index in [0.717, 1.165) is 9.87 Å². The van der Waals surface area contributed by atoms with Crippen molar-refractivity contribution in [3.63, 3.8) is 0 Å². The Morgan fingerprint density at radius 1 is 1.16 bits per heavy atom. The molecule has 1 aromatic heterocycles. The standard InChI is InChI=1S/C22H24ClN3O5S/c1-5-26(32(28,29)20-15(2)24-25(3)21(20)23)22(27)17-11-12-18(30-4)19(13-17)31-14-16-9-7-6-8-10-16/h6-13H,5,14H2,1-4H3. The number of aryl methyl sites for hydroxylation is 2. The van der Waals surface area contributed by atoms with Gasteiger partial charge in [0.05, 0.1) is 12.8 Å². The molecule has 10 heteroatoms. The number of ether oxygens (including phenoxy) is 2. The highest BCUT2D eigenvalue weighted by Crippen LogP contribution is 2.32. The molecular formula is C22H24ClN3O5S. The van der Waals surface area contributed by atoms with Gasteiger partial charge in [0.25, 0.3) is 15.9 Å². The van der Waals surface area contributed by atoms with E-state index in [2.05, 4.69) is 5.10 Å². The van der Waals surface area contributed by atoms with Crippen LogP contribution in [0.2, 0.25) is 5.15 Å². The number of carbonyl (C=O) groups excluding carboxylic acids is 1. The first-order valence-corrected chi connectivity index (χ1v) is 11.6. The lowest BCUT2D eigenvalue weighted by Gasteiger charge is -2.21. The molecule has 0 atom stereocenters. The fourth-order valence-corrected chi connectivity index (χ4v) is 5.35. The Morgan fingerprint density at radius 2 is 1.84 bits per heavy atom. The van der Waals surface area contributed by atoms with E-state index < -0.39 is 15.9 Å². The number of carbonyl (C=O) groups is 1. The van der Waals surface area contributed by atoms with Crippen molar-refractivity contribution in [2.75, 3.05) is 13.7 Å². The number of rotatable bonds is 8. The number of halogens is 1. The number of methoxy groups -OCH3 is 1. The largest absolute Gasteiger partial charge is 0.493 e. The fourth-order valence-electron chi connectivity index (χ4n) is 3.24. The first kappa shape index (κ1) is 23.6. The summed E-state index contributed by atoms with van der Waals surface area (Å²) in [4.78, 5) is 13.0. The van der Waals surface area contributed by atoms with Crippen LogP contribution in [0.25, 0.3) is 0 Å². The number of hydrogen-bond donors (Lipinski definition) is 0. The van der Waals surface area contributed by atoms with Gasteiger partial charge in [0.15, 0.2) is 11.5 Å². The first-order valence-electron chi connectivity index (χ1n) is 9.81. The van der Waals surface area contributed by atoms with Crippen molar-refractivity contribution in [1.82, 2.24) is 14.1 Å². The molecule has 1 heterocycles. The van der Waals surface area contributed by atoms with Crippen molar-refractivity contribution in [3.05, 3.63) is 70.5 Å². The molecule has 3 rings (SSSR count). The minimum atomic E-state index is -4.23. The minimum Gasteiger partial charge on any atom is -0.493 e. The third kappa shape index (κ3) is 4.58. The van der Waals surface area contributed by atoms with Crippen LogP contribution < -0.4 is 9.47 Å². The zero-order valence-electron chi connectivity index (χ0n) is 18.2. The van der Waals surface area contributed by atoms with Gasteiger partial charge in [-0.2, -0.15) is 5.10 Å². The molecule has 0 bridgehead atoms. The molecule has 1 amide bonds. The molecule has 170 valence electrons. The second kappa shape index (κ2) is 9.62. The van der Waals surface area contributed by atoms with Crippen LogP contribution in [0.1, 0.15) is 28.5 Å². The van der Waals surface area contributed by atoms with E-state index in [9.17, 15) is 13.2 Å². The van der Waals surface area contributed by atoms with Gasteiger partial charge in [-0.05, 0) is 37.6 Å². The Kier molecular flexibility index (Phi) is 7.10. The van der Waals surface area contributed by atoms with Gasteiger partial charge in [0.2, 0.25) is 0 Å². The van der Waals surface area contributed by atoms with Gasteiger partial charge in [-0.1, -0.05) is 41.9 Å². The average Bonchev–Trinajstić information content (AvgIpc) is 3.04. The van der Waals surface area contributed by atoms with E-state index in [1.807, 2.05) is 30.3 Å². The maximum Gasteiger partial charge on any atom is 0.271 e. The maximum absolute atomic E-state index is 13.3. The summed E-state index contributed by atoms with van der Waals surface area (Å²) in [6.45, 7) is 3.28. The molecule has 0 saturated heterocycles. The van der Waals surface area contributed by atoms with Crippen LogP contribution in [-0.2, 0) is 23.7 Å². The van der Waals surface area contributed by atoms with Gasteiger partial charge in [0.1, 0.15) is 16.7 Å². The third-order valence-corrected chi connectivity index (χ3v) is 7.36. The fraction of sp³-hybridized carbons (Fsp3) is 0.273. The van der Waals surface area contributed by atoms with Crippen molar-refractivity contribution in [3.8, 4) is 11.5 Å². The van der Waals surface area contributed by atoms with Gasteiger partial charge in [-0.15, -0.1) is 0 Å². The molecule has 0 unspecified atom stereocenters. The molecule has 3 aromatic rings. The van der Waals surface area contributed by atoms with Crippen molar-refractivity contribution in [1.29, 1.82) is 0 Å². The van der Waals surface area contributed by atoms with E-state index in [1.165, 1.54) is 37.9 Å². The van der Waals surface area contributed by atoms with Crippen molar-refractivity contribution in [2.45, 2.75) is 25.3 Å². The predicted octanol–water partition coefficient (Wildman–Crippen LogP) is 3.82. The Balaban J connectivity index is 1.94. The van der Waals surface area contributed by atoms with Crippen molar-refractivity contribution >= 4 is 27.5 Å². The van der Waals surface area contributed by atoms with Crippen LogP contribution in [0.4, 0.5) is 0 Å². The highest BCUT2D eigenvalue weighted by molar-refractivity contribution is 7.89. The van der Waals surface area contributed by atoms with Gasteiger partial charge in [-0.25, -0.2) is 12.7 Å². The number of benzene rings is 2. The zero-order valence-corrected chi connectivity index (χ0v) is 19.8. The van der Waals surface area contributed by atoms with Gasteiger partial charge in [0, 0.05) is 19.2 Å². The topological polar surface area (TPSA) is 90.7 Å². The number of sulfonamides is 1. The SMILES string of the molecule is CCN(C(=O)c1ccc(OC)c(OCc2ccccc2)c1)S(=O)(=O)c1c(C)nn(C)c1Cl. The molecule has 8 nitrogen and oxygen atoms in total. The van der Waals surface area contributed by atoms with Crippen molar-refractivity contribution < 1.29 is 22.7 Å². The quantitative estimate of drug-likeness (QED) is 0.490. The normalized spacial score (nSPS) is 11.3. The lowest BCUT2D eigenvalue weighted by atomic mass is 10.2. The van der Waals surface area contributed by atoms with Crippen LogP contribution in [0.5, 0.6) is 11.5 Å². The lowest BCUT2D eigenvalue weighted by molar-refractivity contribution is 0.0865. The molecule has 0 aliphatic rings. The number of amides is 1. The van der Waals surface area contributed by atoms with Crippen molar-refractivity contribution in [2.24, 2.45) is 7.05 Å². The monoisotopic (exact) mass is 477 g/mol. The molecule has 0 aliphatic carbocycles. The third-order valence-electron chi connectivity index (χ3n) is 4.81. The number of aromatic nitrogens is 2. The average molecular weight is 478 g/mol. The Bertz CT molecular complexity index is 1230. The Morgan fingerprint density at radius 3 is 2.41 bits per heavy atom. The van der Waals surface area contributed by atoms with Crippen LogP contribution in [-0.4, -0.2) is 42.1 Å². The summed E-state index contributed by atoms with van der Waals surface area (Å²) in [6.07, 6.45) is 0. The van der Waals surface area contributed by atoms with Crippen LogP contribution in [0, 0.1) is 6.92 Å². The molecule has 0 aliphatic heterocycles. The number of nitrogens with zero attached hydrogens (tertiary/aromatic N) is 3. The zero-order chi connectivity index (χ0) is 23.5. The van der Waals surface area contributed by atoms with Crippen LogP contribution in [0.15, 0.2) is 53.4 Å². The second-order valence-corrected chi connectivity index (χ2v) is 9.10. The van der Waals surface area contributed by atoms with Gasteiger partial charge < -0.3 is 9.47 Å². The molecule has 0 fully saturated rings. The number of hydrogen-bond acceptors (Lipinski definition) is 6. The summed E-state index contributed by atoms with van der Waals surface area (Å²) >= 11 is 6.16. The highest BCUT2D eigenvalue weighted by atomic mass is 35.5. The van der Waals surface area contributed by atoms with Crippen LogP contribution >= 0.6 is 11.6 Å². The molecular weight excluding hydrogens is 454 g/mol. The molecule has 32 heavy (non-hydrogen) atoms. The summed E-state index contributed by atoms with van der Waals surface area (Å²) < 4.78 is 39.7. The summed E-state index contributed by atoms with van der Waals surface area (Å²) in [5.41, 5.74) is 1.29. The van der Waals surface area contributed by atoms with E-state index in [4.69, 9.17) is 21.1 Å². The molecule has 0 spiro atoms. The van der Waals surface area contributed by atoms with Gasteiger partial charge in [-0.3, -0.25) is 9.48 Å². The summed E-state index contributed by atoms with van der Waals surface area (Å²) in [5, 5.41) is 3.99. The second-order valence-electron chi connectivity index (χ2n) is 6.94. The van der Waals surface area contributed by atoms with Crippen LogP contribution in [0.3, 0.4) is 0 Å². The maximum atomic E-state index is 13.3. The molecule has 0 radical (unpaired) electrons. The van der Waals surface area contributed by atoms with Gasteiger partial charge >= 0.3 is 0 Å². The summed E-state index contributed by atoms with van der Waals surface area (Å²) in [6, 6.07) is 14.0. The smallest absolute Gasteiger partial charge is 0.271 e. The minimum absolute atomic E-state index is 0.0598. The Labute approximate surface area is 192 Å². The highest BCUT2D eigenvalue weighted by Gasteiger charge is 2.34. The summed E-state index contributed by atoms with van der Waals surface area (Å²) in [5.74, 6) is 0.0415. The van der Waals surface area contributed by atoms with E-state index in [-0.39, 0.29) is 34.5 Å². The molecule has 2 aromatic carbocycles. The molecule has 0 saturated carbocycles. The lowest BCUT2D eigenvalue weighted by Crippen LogP contribution is -2.37. The summed E-state index contributed by atoms with van der Waals surface area (Å²) in [7, 11) is -1.20.